The molecule has 0 saturated carbocycles. The van der Waals surface area contributed by atoms with E-state index in [4.69, 9.17) is 8.83 Å². The van der Waals surface area contributed by atoms with Gasteiger partial charge in [0, 0.05) is 58.4 Å². The number of para-hydroxylation sites is 4. The SMILES string of the molecule is c1ccc(C2NC(c3ccc4sc5ccccc5c4c3)NC(c3cccc4c3oc3c(-c5cccc6c5oc5ccccc56)cccc34)N2)cc1. The first kappa shape index (κ1) is 29.0. The van der Waals surface area contributed by atoms with Gasteiger partial charge in [0.05, 0.1) is 18.5 Å². The van der Waals surface area contributed by atoms with Crippen molar-refractivity contribution in [1.29, 1.82) is 0 Å². The lowest BCUT2D eigenvalue weighted by Crippen LogP contribution is -2.54. The molecule has 5 nitrogen and oxygen atoms in total. The summed E-state index contributed by atoms with van der Waals surface area (Å²) in [5.74, 6) is 0. The Bertz CT molecular complexity index is 2940. The summed E-state index contributed by atoms with van der Waals surface area (Å²) in [7, 11) is 0. The van der Waals surface area contributed by atoms with Crippen LogP contribution in [0.5, 0.6) is 0 Å². The molecule has 0 radical (unpaired) electrons. The Labute approximate surface area is 297 Å². The Morgan fingerprint density at radius 3 is 1.80 bits per heavy atom. The molecule has 51 heavy (non-hydrogen) atoms. The van der Waals surface area contributed by atoms with Crippen LogP contribution in [0.1, 0.15) is 35.2 Å². The fourth-order valence-electron chi connectivity index (χ4n) is 8.02. The third kappa shape index (κ3) is 4.58. The third-order valence-electron chi connectivity index (χ3n) is 10.4. The molecule has 1 saturated heterocycles. The molecule has 1 aliphatic rings. The first-order chi connectivity index (χ1) is 25.3. The van der Waals surface area contributed by atoms with Crippen molar-refractivity contribution in [2.45, 2.75) is 18.5 Å². The highest BCUT2D eigenvalue weighted by molar-refractivity contribution is 7.25. The van der Waals surface area contributed by atoms with E-state index in [2.05, 4.69) is 155 Å². The standard InChI is InChI=1S/C45H31N3O2S/c1-2-11-26(12-3-1)43-46-44(27-23-24-39-36(25-27)29-14-5-7-22-38(29)51-39)48-45(47-43)35-20-10-19-34-33-18-9-17-32(41(33)50-42(34)35)31-16-8-15-30-28-13-4-6-21-37(28)49-40(30)31/h1-25,43-48H. The molecule has 0 amide bonds. The fourth-order valence-corrected chi connectivity index (χ4v) is 9.10. The molecular formula is C45H31N3O2S. The van der Waals surface area contributed by atoms with Crippen LogP contribution in [0, 0.1) is 0 Å². The van der Waals surface area contributed by atoms with Gasteiger partial charge in [0.2, 0.25) is 0 Å². The van der Waals surface area contributed by atoms with Gasteiger partial charge in [0.25, 0.3) is 0 Å². The van der Waals surface area contributed by atoms with E-state index in [1.165, 1.54) is 31.3 Å². The average Bonchev–Trinajstić information content (AvgIpc) is 3.89. The van der Waals surface area contributed by atoms with Crippen LogP contribution >= 0.6 is 11.3 Å². The molecule has 0 spiro atoms. The summed E-state index contributed by atoms with van der Waals surface area (Å²) in [5.41, 5.74) is 8.95. The molecule has 3 unspecified atom stereocenters. The summed E-state index contributed by atoms with van der Waals surface area (Å²) in [4.78, 5) is 0. The lowest BCUT2D eigenvalue weighted by Gasteiger charge is -2.39. The molecule has 244 valence electrons. The zero-order valence-electron chi connectivity index (χ0n) is 27.4. The van der Waals surface area contributed by atoms with Gasteiger partial charge in [0.15, 0.2) is 0 Å². The number of hydrogen-bond donors (Lipinski definition) is 3. The number of hydrogen-bond acceptors (Lipinski definition) is 6. The summed E-state index contributed by atoms with van der Waals surface area (Å²) in [6.45, 7) is 0. The number of rotatable bonds is 4. The van der Waals surface area contributed by atoms with Gasteiger partial charge in [-0.15, -0.1) is 11.3 Å². The van der Waals surface area contributed by atoms with E-state index in [0.29, 0.717) is 0 Å². The van der Waals surface area contributed by atoms with Gasteiger partial charge in [-0.05, 0) is 35.4 Å². The molecule has 3 atom stereocenters. The van der Waals surface area contributed by atoms with Gasteiger partial charge in [0.1, 0.15) is 22.3 Å². The largest absolute Gasteiger partial charge is 0.455 e. The highest BCUT2D eigenvalue weighted by Crippen LogP contribution is 2.43. The molecule has 0 aliphatic carbocycles. The molecule has 3 N–H and O–H groups in total. The van der Waals surface area contributed by atoms with E-state index in [-0.39, 0.29) is 18.5 Å². The van der Waals surface area contributed by atoms with Crippen LogP contribution < -0.4 is 16.0 Å². The average molecular weight is 678 g/mol. The molecule has 6 heteroatoms. The second-order valence-electron chi connectivity index (χ2n) is 13.4. The van der Waals surface area contributed by atoms with Crippen LogP contribution in [-0.4, -0.2) is 0 Å². The minimum Gasteiger partial charge on any atom is -0.455 e. The first-order valence-electron chi connectivity index (χ1n) is 17.4. The molecule has 7 aromatic carbocycles. The molecule has 1 aliphatic heterocycles. The van der Waals surface area contributed by atoms with Crippen molar-refractivity contribution >= 4 is 75.4 Å². The lowest BCUT2D eigenvalue weighted by molar-refractivity contribution is 0.203. The Hall–Kier alpha value is -5.76. The van der Waals surface area contributed by atoms with Gasteiger partial charge in [-0.25, -0.2) is 0 Å². The van der Waals surface area contributed by atoms with Crippen molar-refractivity contribution in [2.75, 3.05) is 0 Å². The predicted molar refractivity (Wildman–Crippen MR) is 210 cm³/mol. The Morgan fingerprint density at radius 1 is 0.392 bits per heavy atom. The molecule has 3 aromatic heterocycles. The highest BCUT2D eigenvalue weighted by Gasteiger charge is 2.32. The van der Waals surface area contributed by atoms with Gasteiger partial charge in [-0.2, -0.15) is 0 Å². The van der Waals surface area contributed by atoms with Gasteiger partial charge >= 0.3 is 0 Å². The monoisotopic (exact) mass is 677 g/mol. The van der Waals surface area contributed by atoms with Crippen molar-refractivity contribution in [2.24, 2.45) is 0 Å². The van der Waals surface area contributed by atoms with Crippen LogP contribution in [0.2, 0.25) is 0 Å². The van der Waals surface area contributed by atoms with Crippen LogP contribution in [-0.2, 0) is 0 Å². The Balaban J connectivity index is 1.05. The van der Waals surface area contributed by atoms with Crippen molar-refractivity contribution in [1.82, 2.24) is 16.0 Å². The van der Waals surface area contributed by atoms with E-state index in [9.17, 15) is 0 Å². The van der Waals surface area contributed by atoms with Crippen LogP contribution in [0.15, 0.2) is 160 Å². The summed E-state index contributed by atoms with van der Waals surface area (Å²) in [6, 6.07) is 53.6. The second-order valence-corrected chi connectivity index (χ2v) is 14.4. The summed E-state index contributed by atoms with van der Waals surface area (Å²) < 4.78 is 16.1. The molecule has 11 rings (SSSR count). The van der Waals surface area contributed by atoms with E-state index in [1.807, 2.05) is 23.5 Å². The van der Waals surface area contributed by atoms with Crippen molar-refractivity contribution in [3.8, 4) is 11.1 Å². The molecule has 0 bridgehead atoms. The van der Waals surface area contributed by atoms with Crippen LogP contribution in [0.4, 0.5) is 0 Å². The zero-order valence-corrected chi connectivity index (χ0v) is 28.2. The lowest BCUT2D eigenvalue weighted by atomic mass is 9.99. The van der Waals surface area contributed by atoms with Crippen LogP contribution in [0.3, 0.4) is 0 Å². The highest BCUT2D eigenvalue weighted by atomic mass is 32.1. The molecule has 4 heterocycles. The Kier molecular flexibility index (Phi) is 6.48. The normalized spacial score (nSPS) is 18.2. The van der Waals surface area contributed by atoms with Gasteiger partial charge < -0.3 is 8.83 Å². The minimum atomic E-state index is -0.206. The molecule has 10 aromatic rings. The zero-order chi connectivity index (χ0) is 33.5. The molecular weight excluding hydrogens is 647 g/mol. The first-order valence-corrected chi connectivity index (χ1v) is 18.2. The maximum Gasteiger partial charge on any atom is 0.143 e. The van der Waals surface area contributed by atoms with Crippen molar-refractivity contribution < 1.29 is 8.83 Å². The topological polar surface area (TPSA) is 62.4 Å². The van der Waals surface area contributed by atoms with Gasteiger partial charge in [-0.1, -0.05) is 127 Å². The quantitative estimate of drug-likeness (QED) is 0.173. The summed E-state index contributed by atoms with van der Waals surface area (Å²) in [6.07, 6.45) is -0.425. The third-order valence-corrected chi connectivity index (χ3v) is 11.6. The maximum atomic E-state index is 6.98. The van der Waals surface area contributed by atoms with E-state index >= 15 is 0 Å². The Morgan fingerprint density at radius 2 is 0.980 bits per heavy atom. The minimum absolute atomic E-state index is 0.0988. The number of benzene rings is 7. The predicted octanol–water partition coefficient (Wildman–Crippen LogP) is 11.7. The maximum absolute atomic E-state index is 6.98. The smallest absolute Gasteiger partial charge is 0.143 e. The second kappa shape index (κ2) is 11.4. The number of thiophene rings is 1. The summed E-state index contributed by atoms with van der Waals surface area (Å²) >= 11 is 1.84. The summed E-state index contributed by atoms with van der Waals surface area (Å²) in [5, 5.41) is 18.6. The number of furan rings is 2. The van der Waals surface area contributed by atoms with E-state index in [1.54, 1.807) is 0 Å². The van der Waals surface area contributed by atoms with Crippen molar-refractivity contribution in [3.05, 3.63) is 168 Å². The van der Waals surface area contributed by atoms with Gasteiger partial charge in [-0.3, -0.25) is 16.0 Å². The number of nitrogens with one attached hydrogen (secondary N) is 3. The number of fused-ring (bicyclic) bond motifs is 9. The van der Waals surface area contributed by atoms with Crippen molar-refractivity contribution in [3.63, 3.8) is 0 Å². The van der Waals surface area contributed by atoms with E-state index in [0.717, 1.165) is 60.6 Å². The fraction of sp³-hybridized carbons (Fsp3) is 0.0667. The molecule has 1 fully saturated rings. The van der Waals surface area contributed by atoms with Crippen LogP contribution in [0.25, 0.3) is 75.2 Å². The van der Waals surface area contributed by atoms with E-state index < -0.39 is 0 Å².